The van der Waals surface area contributed by atoms with Crippen molar-refractivity contribution >= 4 is 16.8 Å². The number of carbonyl (C=O) groups excluding carboxylic acids is 1. The van der Waals surface area contributed by atoms with Crippen LogP contribution in [0, 0.1) is 12.8 Å². The molecule has 0 saturated carbocycles. The molecule has 0 bridgehead atoms. The SMILES string of the molecule is Cc1cccc2cc(CN(C(=O)C(C)C)C(C)C)c(=O)[nH]c12. The Bertz CT molecular complexity index is 744. The van der Waals surface area contributed by atoms with Crippen molar-refractivity contribution in [2.45, 2.75) is 47.2 Å². The fraction of sp³-hybridized carbons (Fsp3) is 0.444. The van der Waals surface area contributed by atoms with Crippen LogP contribution in [0.4, 0.5) is 0 Å². The van der Waals surface area contributed by atoms with Crippen LogP contribution in [0.5, 0.6) is 0 Å². The number of aromatic amines is 1. The number of nitrogens with zero attached hydrogens (tertiary/aromatic N) is 1. The second kappa shape index (κ2) is 6.34. The Morgan fingerprint density at radius 3 is 2.50 bits per heavy atom. The molecule has 4 heteroatoms. The molecule has 0 aliphatic carbocycles. The van der Waals surface area contributed by atoms with Crippen LogP contribution >= 0.6 is 0 Å². The van der Waals surface area contributed by atoms with Gasteiger partial charge < -0.3 is 9.88 Å². The van der Waals surface area contributed by atoms with Gasteiger partial charge in [0.2, 0.25) is 5.91 Å². The maximum atomic E-state index is 12.3. The first-order valence-corrected chi connectivity index (χ1v) is 7.73. The predicted octanol–water partition coefficient (Wildman–Crippen LogP) is 3.23. The molecular weight excluding hydrogens is 276 g/mol. The van der Waals surface area contributed by atoms with Gasteiger partial charge >= 0.3 is 0 Å². The molecular formula is C18H24N2O2. The van der Waals surface area contributed by atoms with Gasteiger partial charge in [0.05, 0.1) is 12.1 Å². The Balaban J connectivity index is 2.44. The van der Waals surface area contributed by atoms with E-state index in [1.54, 1.807) is 4.90 Å². The molecule has 0 saturated heterocycles. The number of pyridine rings is 1. The van der Waals surface area contributed by atoms with Gasteiger partial charge in [-0.3, -0.25) is 9.59 Å². The molecule has 4 nitrogen and oxygen atoms in total. The molecule has 22 heavy (non-hydrogen) atoms. The molecule has 0 fully saturated rings. The van der Waals surface area contributed by atoms with Gasteiger partial charge in [-0.05, 0) is 37.8 Å². The summed E-state index contributed by atoms with van der Waals surface area (Å²) >= 11 is 0. The number of hydrogen-bond donors (Lipinski definition) is 1. The number of fused-ring (bicyclic) bond motifs is 1. The molecule has 0 aliphatic rings. The molecule has 2 rings (SSSR count). The number of carbonyl (C=O) groups is 1. The smallest absolute Gasteiger partial charge is 0.253 e. The molecule has 1 N–H and O–H groups in total. The van der Waals surface area contributed by atoms with Crippen LogP contribution in [0.2, 0.25) is 0 Å². The van der Waals surface area contributed by atoms with Crippen molar-refractivity contribution < 1.29 is 4.79 Å². The molecule has 2 aromatic rings. The van der Waals surface area contributed by atoms with E-state index >= 15 is 0 Å². The largest absolute Gasteiger partial charge is 0.336 e. The topological polar surface area (TPSA) is 53.2 Å². The van der Waals surface area contributed by atoms with Crippen molar-refractivity contribution in [1.29, 1.82) is 0 Å². The first-order chi connectivity index (χ1) is 10.3. The summed E-state index contributed by atoms with van der Waals surface area (Å²) in [6, 6.07) is 7.87. The van der Waals surface area contributed by atoms with Crippen LogP contribution in [0.15, 0.2) is 29.1 Å². The lowest BCUT2D eigenvalue weighted by Gasteiger charge is -2.28. The zero-order valence-corrected chi connectivity index (χ0v) is 13.9. The Kier molecular flexibility index (Phi) is 4.69. The molecule has 0 radical (unpaired) electrons. The minimum Gasteiger partial charge on any atom is -0.336 e. The maximum Gasteiger partial charge on any atom is 0.253 e. The van der Waals surface area contributed by atoms with Crippen molar-refractivity contribution in [2.24, 2.45) is 5.92 Å². The van der Waals surface area contributed by atoms with E-state index in [0.29, 0.717) is 12.1 Å². The quantitative estimate of drug-likeness (QED) is 0.942. The lowest BCUT2D eigenvalue weighted by molar-refractivity contribution is -0.136. The van der Waals surface area contributed by atoms with Crippen molar-refractivity contribution in [3.8, 4) is 0 Å². The minimum atomic E-state index is -0.121. The average molecular weight is 300 g/mol. The van der Waals surface area contributed by atoms with E-state index in [4.69, 9.17) is 0 Å². The minimum absolute atomic E-state index is 0.0579. The molecule has 1 amide bonds. The van der Waals surface area contributed by atoms with Gasteiger partial charge in [-0.1, -0.05) is 32.0 Å². The second-order valence-electron chi connectivity index (χ2n) is 6.38. The summed E-state index contributed by atoms with van der Waals surface area (Å²) in [5.41, 5.74) is 2.41. The fourth-order valence-corrected chi connectivity index (χ4v) is 2.58. The van der Waals surface area contributed by atoms with Crippen LogP contribution in [0.1, 0.15) is 38.8 Å². The maximum absolute atomic E-state index is 12.3. The summed E-state index contributed by atoms with van der Waals surface area (Å²) in [7, 11) is 0. The van der Waals surface area contributed by atoms with Gasteiger partial charge in [0.25, 0.3) is 5.56 Å². The van der Waals surface area contributed by atoms with Crippen molar-refractivity contribution in [3.05, 3.63) is 45.7 Å². The highest BCUT2D eigenvalue weighted by atomic mass is 16.2. The zero-order valence-electron chi connectivity index (χ0n) is 13.9. The Morgan fingerprint density at radius 2 is 1.91 bits per heavy atom. The third-order valence-corrected chi connectivity index (χ3v) is 3.91. The summed E-state index contributed by atoms with van der Waals surface area (Å²) in [6.45, 7) is 10.0. The zero-order chi connectivity index (χ0) is 16.4. The number of aromatic nitrogens is 1. The first-order valence-electron chi connectivity index (χ1n) is 7.73. The molecule has 0 spiro atoms. The molecule has 118 valence electrons. The number of hydrogen-bond acceptors (Lipinski definition) is 2. The summed E-state index contributed by atoms with van der Waals surface area (Å²) in [5, 5.41) is 0.996. The van der Waals surface area contributed by atoms with E-state index in [0.717, 1.165) is 16.5 Å². The second-order valence-corrected chi connectivity index (χ2v) is 6.38. The first kappa shape index (κ1) is 16.3. The average Bonchev–Trinajstić information content (AvgIpc) is 2.45. The van der Waals surface area contributed by atoms with E-state index < -0.39 is 0 Å². The molecule has 1 heterocycles. The van der Waals surface area contributed by atoms with Gasteiger partial charge in [0, 0.05) is 17.5 Å². The van der Waals surface area contributed by atoms with Crippen molar-refractivity contribution in [2.75, 3.05) is 0 Å². The summed E-state index contributed by atoms with van der Waals surface area (Å²) in [5.74, 6) is -0.0112. The number of H-pyrrole nitrogens is 1. The van der Waals surface area contributed by atoms with Gasteiger partial charge in [-0.25, -0.2) is 0 Å². The number of aryl methyl sites for hydroxylation is 1. The number of nitrogens with one attached hydrogen (secondary N) is 1. The normalized spacial score (nSPS) is 11.4. The van der Waals surface area contributed by atoms with E-state index in [9.17, 15) is 9.59 Å². The Morgan fingerprint density at radius 1 is 1.23 bits per heavy atom. The molecule has 1 aromatic heterocycles. The monoisotopic (exact) mass is 300 g/mol. The molecule has 0 aliphatic heterocycles. The van der Waals surface area contributed by atoms with E-state index in [2.05, 4.69) is 4.98 Å². The standard InChI is InChI=1S/C18H24N2O2/c1-11(2)18(22)20(12(3)4)10-15-9-14-8-6-7-13(5)16(14)19-17(15)21/h6-9,11-12H,10H2,1-5H3,(H,19,21). The summed E-state index contributed by atoms with van der Waals surface area (Å²) in [6.07, 6.45) is 0. The van der Waals surface area contributed by atoms with E-state index in [1.807, 2.05) is 58.9 Å². The Labute approximate surface area is 131 Å². The van der Waals surface area contributed by atoms with E-state index in [1.165, 1.54) is 0 Å². The number of para-hydroxylation sites is 1. The lowest BCUT2D eigenvalue weighted by Crippen LogP contribution is -2.40. The Hall–Kier alpha value is -2.10. The van der Waals surface area contributed by atoms with Crippen molar-refractivity contribution in [1.82, 2.24) is 9.88 Å². The number of benzene rings is 1. The summed E-state index contributed by atoms with van der Waals surface area (Å²) in [4.78, 5) is 29.4. The van der Waals surface area contributed by atoms with Gasteiger partial charge in [-0.15, -0.1) is 0 Å². The highest BCUT2D eigenvalue weighted by molar-refractivity contribution is 5.82. The van der Waals surface area contributed by atoms with Crippen LogP contribution < -0.4 is 5.56 Å². The van der Waals surface area contributed by atoms with Crippen LogP contribution in [-0.2, 0) is 11.3 Å². The van der Waals surface area contributed by atoms with Crippen LogP contribution in [0.25, 0.3) is 10.9 Å². The van der Waals surface area contributed by atoms with Gasteiger partial charge in [0.15, 0.2) is 0 Å². The summed E-state index contributed by atoms with van der Waals surface area (Å²) < 4.78 is 0. The van der Waals surface area contributed by atoms with Crippen LogP contribution in [-0.4, -0.2) is 21.8 Å². The predicted molar refractivity (Wildman–Crippen MR) is 89.8 cm³/mol. The number of rotatable bonds is 4. The molecule has 0 unspecified atom stereocenters. The lowest BCUT2D eigenvalue weighted by atomic mass is 10.1. The van der Waals surface area contributed by atoms with Crippen molar-refractivity contribution in [3.63, 3.8) is 0 Å². The van der Waals surface area contributed by atoms with Gasteiger partial charge in [0.1, 0.15) is 0 Å². The highest BCUT2D eigenvalue weighted by Gasteiger charge is 2.21. The van der Waals surface area contributed by atoms with Crippen LogP contribution in [0.3, 0.4) is 0 Å². The highest BCUT2D eigenvalue weighted by Crippen LogP contribution is 2.17. The third kappa shape index (κ3) is 3.21. The number of amides is 1. The molecule has 0 atom stereocenters. The molecule has 1 aromatic carbocycles. The third-order valence-electron chi connectivity index (χ3n) is 3.91. The van der Waals surface area contributed by atoms with E-state index in [-0.39, 0.29) is 23.4 Å². The van der Waals surface area contributed by atoms with Gasteiger partial charge in [-0.2, -0.15) is 0 Å². The fourth-order valence-electron chi connectivity index (χ4n) is 2.58.